The molecule has 3 unspecified atom stereocenters. The Kier molecular flexibility index (Phi) is 19.1. The van der Waals surface area contributed by atoms with Crippen molar-refractivity contribution < 1.29 is 0 Å². The zero-order valence-electron chi connectivity index (χ0n) is 17.4. The second kappa shape index (κ2) is 17.4. The second-order valence-electron chi connectivity index (χ2n) is 7.68. The normalized spacial score (nSPS) is 15.1. The fourth-order valence-corrected chi connectivity index (χ4v) is 3.52. The third-order valence-corrected chi connectivity index (χ3v) is 4.96. The summed E-state index contributed by atoms with van der Waals surface area (Å²) in [5, 5.41) is 0. The molecule has 0 saturated heterocycles. The van der Waals surface area contributed by atoms with Crippen LogP contribution in [0, 0.1) is 23.7 Å². The lowest BCUT2D eigenvalue weighted by molar-refractivity contribution is 0.278. The van der Waals surface area contributed by atoms with Crippen LogP contribution < -0.4 is 0 Å². The molecular weight excluding hydrogens is 264 g/mol. The number of hydrogen-bond donors (Lipinski definition) is 0. The van der Waals surface area contributed by atoms with Crippen molar-refractivity contribution in [2.45, 2.75) is 120 Å². The van der Waals surface area contributed by atoms with Crippen LogP contribution in [0.3, 0.4) is 0 Å². The van der Waals surface area contributed by atoms with Gasteiger partial charge in [-0.2, -0.15) is 0 Å². The van der Waals surface area contributed by atoms with E-state index in [2.05, 4.69) is 41.5 Å². The van der Waals surface area contributed by atoms with Crippen LogP contribution in [-0.2, 0) is 0 Å². The fraction of sp³-hybridized carbons (Fsp3) is 1.00. The molecule has 0 N–H and O–H groups in total. The van der Waals surface area contributed by atoms with Gasteiger partial charge in [-0.3, -0.25) is 0 Å². The Morgan fingerprint density at radius 3 is 1.55 bits per heavy atom. The van der Waals surface area contributed by atoms with Gasteiger partial charge >= 0.3 is 0 Å². The molecule has 0 bridgehead atoms. The molecule has 0 radical (unpaired) electrons. The van der Waals surface area contributed by atoms with E-state index >= 15 is 0 Å². The molecule has 0 heterocycles. The van der Waals surface area contributed by atoms with Gasteiger partial charge in [0.1, 0.15) is 0 Å². The molecule has 0 amide bonds. The van der Waals surface area contributed by atoms with Gasteiger partial charge in [0.15, 0.2) is 0 Å². The maximum absolute atomic E-state index is 2.48. The first-order valence-electron chi connectivity index (χ1n) is 10.5. The van der Waals surface area contributed by atoms with Gasteiger partial charge in [0, 0.05) is 0 Å². The summed E-state index contributed by atoms with van der Waals surface area (Å²) in [6, 6.07) is 0. The molecular formula is C22H48. The first kappa shape index (κ1) is 24.3. The zero-order valence-corrected chi connectivity index (χ0v) is 17.4. The lowest BCUT2D eigenvalue weighted by Gasteiger charge is -2.24. The molecule has 0 aromatic heterocycles. The molecule has 22 heavy (non-hydrogen) atoms. The molecule has 0 aliphatic carbocycles. The average molecular weight is 313 g/mol. The van der Waals surface area contributed by atoms with Crippen molar-refractivity contribution in [2.24, 2.45) is 23.7 Å². The molecule has 0 fully saturated rings. The van der Waals surface area contributed by atoms with E-state index in [0.29, 0.717) is 0 Å². The van der Waals surface area contributed by atoms with E-state index in [0.717, 1.165) is 23.7 Å². The standard InChI is InChI=1S/C20H42.C2H6/c1-7-11-19(6)20(12-8-2)16-10-15-18(5)14-9-13-17(3)4;1-2/h17-20H,7-16H2,1-6H3;1-2H3. The van der Waals surface area contributed by atoms with Crippen LogP contribution in [0.2, 0.25) is 0 Å². The van der Waals surface area contributed by atoms with E-state index in [-0.39, 0.29) is 0 Å². The van der Waals surface area contributed by atoms with E-state index in [4.69, 9.17) is 0 Å². The SMILES string of the molecule is CC.CCCC(C)C(CCC)CCCC(C)CCCC(C)C. The highest BCUT2D eigenvalue weighted by molar-refractivity contribution is 4.67. The fourth-order valence-electron chi connectivity index (χ4n) is 3.52. The van der Waals surface area contributed by atoms with Gasteiger partial charge in [-0.15, -0.1) is 0 Å². The first-order valence-corrected chi connectivity index (χ1v) is 10.5. The average Bonchev–Trinajstić information content (AvgIpc) is 2.48. The molecule has 0 spiro atoms. The number of rotatable bonds is 13. The predicted molar refractivity (Wildman–Crippen MR) is 106 cm³/mol. The summed E-state index contributed by atoms with van der Waals surface area (Å²) in [5.74, 6) is 3.75. The highest BCUT2D eigenvalue weighted by Gasteiger charge is 2.15. The largest absolute Gasteiger partial charge is 0.0683 e. The molecule has 0 rings (SSSR count). The topological polar surface area (TPSA) is 0 Å². The Balaban J connectivity index is 0. The molecule has 3 atom stereocenters. The van der Waals surface area contributed by atoms with Crippen molar-refractivity contribution in [1.82, 2.24) is 0 Å². The molecule has 0 heteroatoms. The minimum Gasteiger partial charge on any atom is -0.0683 e. The maximum Gasteiger partial charge on any atom is -0.0389 e. The monoisotopic (exact) mass is 312 g/mol. The van der Waals surface area contributed by atoms with Gasteiger partial charge < -0.3 is 0 Å². The van der Waals surface area contributed by atoms with E-state index in [9.17, 15) is 0 Å². The van der Waals surface area contributed by atoms with Gasteiger partial charge in [0.05, 0.1) is 0 Å². The van der Waals surface area contributed by atoms with Crippen LogP contribution >= 0.6 is 0 Å². The lowest BCUT2D eigenvalue weighted by Crippen LogP contribution is -2.12. The summed E-state index contributed by atoms with van der Waals surface area (Å²) < 4.78 is 0. The summed E-state index contributed by atoms with van der Waals surface area (Å²) >= 11 is 0. The Hall–Kier alpha value is 0. The van der Waals surface area contributed by atoms with Crippen LogP contribution in [-0.4, -0.2) is 0 Å². The van der Waals surface area contributed by atoms with Crippen LogP contribution in [0.25, 0.3) is 0 Å². The van der Waals surface area contributed by atoms with Crippen LogP contribution in [0.4, 0.5) is 0 Å². The molecule has 0 saturated carbocycles. The van der Waals surface area contributed by atoms with E-state index in [1.807, 2.05) is 13.8 Å². The Bertz CT molecular complexity index is 194. The Morgan fingerprint density at radius 2 is 1.09 bits per heavy atom. The third-order valence-electron chi connectivity index (χ3n) is 4.96. The quantitative estimate of drug-likeness (QED) is 0.320. The van der Waals surface area contributed by atoms with Crippen molar-refractivity contribution in [3.05, 3.63) is 0 Å². The van der Waals surface area contributed by atoms with Crippen LogP contribution in [0.15, 0.2) is 0 Å². The molecule has 0 aliphatic rings. The van der Waals surface area contributed by atoms with Crippen LogP contribution in [0.1, 0.15) is 120 Å². The van der Waals surface area contributed by atoms with Crippen molar-refractivity contribution in [3.8, 4) is 0 Å². The smallest absolute Gasteiger partial charge is 0.0389 e. The van der Waals surface area contributed by atoms with Gasteiger partial charge in [-0.05, 0) is 23.7 Å². The van der Waals surface area contributed by atoms with Crippen molar-refractivity contribution in [3.63, 3.8) is 0 Å². The summed E-state index contributed by atoms with van der Waals surface area (Å²) in [5.41, 5.74) is 0. The molecule has 0 nitrogen and oxygen atoms in total. The van der Waals surface area contributed by atoms with Gasteiger partial charge in [0.2, 0.25) is 0 Å². The minimum atomic E-state index is 0.881. The maximum atomic E-state index is 2.48. The van der Waals surface area contributed by atoms with Crippen molar-refractivity contribution >= 4 is 0 Å². The Labute approximate surface area is 143 Å². The van der Waals surface area contributed by atoms with E-state index in [1.54, 1.807) is 0 Å². The van der Waals surface area contributed by atoms with Gasteiger partial charge in [-0.1, -0.05) is 120 Å². The molecule has 0 aliphatic heterocycles. The summed E-state index contributed by atoms with van der Waals surface area (Å²) in [6.07, 6.45) is 14.3. The first-order chi connectivity index (χ1) is 10.5. The summed E-state index contributed by atoms with van der Waals surface area (Å²) in [7, 11) is 0. The molecule has 136 valence electrons. The minimum absolute atomic E-state index is 0.881. The predicted octanol–water partition coefficient (Wildman–Crippen LogP) is 8.50. The van der Waals surface area contributed by atoms with Crippen LogP contribution in [0.5, 0.6) is 0 Å². The van der Waals surface area contributed by atoms with Crippen molar-refractivity contribution in [2.75, 3.05) is 0 Å². The highest BCUT2D eigenvalue weighted by Crippen LogP contribution is 2.28. The second-order valence-corrected chi connectivity index (χ2v) is 7.68. The van der Waals surface area contributed by atoms with E-state index < -0.39 is 0 Å². The van der Waals surface area contributed by atoms with Gasteiger partial charge in [0.25, 0.3) is 0 Å². The lowest BCUT2D eigenvalue weighted by atomic mass is 9.82. The molecule has 0 aromatic carbocycles. The zero-order chi connectivity index (χ0) is 17.4. The van der Waals surface area contributed by atoms with Gasteiger partial charge in [-0.25, -0.2) is 0 Å². The third kappa shape index (κ3) is 14.9. The van der Waals surface area contributed by atoms with Crippen molar-refractivity contribution in [1.29, 1.82) is 0 Å². The summed E-state index contributed by atoms with van der Waals surface area (Å²) in [4.78, 5) is 0. The highest BCUT2D eigenvalue weighted by atomic mass is 14.2. The number of hydrogen-bond acceptors (Lipinski definition) is 0. The van der Waals surface area contributed by atoms with E-state index in [1.165, 1.54) is 64.2 Å². The molecule has 0 aromatic rings. The summed E-state index contributed by atoms with van der Waals surface area (Å²) in [6.45, 7) is 18.3. The Morgan fingerprint density at radius 1 is 0.591 bits per heavy atom.